The van der Waals surface area contributed by atoms with E-state index in [4.69, 9.17) is 0 Å². The summed E-state index contributed by atoms with van der Waals surface area (Å²) in [6, 6.07) is 6.18. The SMILES string of the molecule is Cc1cc(C)n(-c2ccc(N3CCCC(C4CCNC4)C3)nn2)n1. The second-order valence-corrected chi connectivity index (χ2v) is 7.19. The van der Waals surface area contributed by atoms with Gasteiger partial charge in [-0.05, 0) is 76.2 Å². The van der Waals surface area contributed by atoms with Gasteiger partial charge in [-0.15, -0.1) is 10.2 Å². The van der Waals surface area contributed by atoms with Gasteiger partial charge in [0.2, 0.25) is 0 Å². The third kappa shape index (κ3) is 3.02. The van der Waals surface area contributed by atoms with E-state index in [1.54, 1.807) is 0 Å². The van der Waals surface area contributed by atoms with Gasteiger partial charge in [0.15, 0.2) is 11.6 Å². The third-order valence-corrected chi connectivity index (χ3v) is 5.41. The van der Waals surface area contributed by atoms with E-state index in [9.17, 15) is 0 Å². The molecule has 2 aliphatic rings. The minimum atomic E-state index is 0.784. The molecule has 0 radical (unpaired) electrons. The van der Waals surface area contributed by atoms with Crippen molar-refractivity contribution >= 4 is 5.82 Å². The van der Waals surface area contributed by atoms with Crippen molar-refractivity contribution in [2.75, 3.05) is 31.1 Å². The third-order valence-electron chi connectivity index (χ3n) is 5.41. The summed E-state index contributed by atoms with van der Waals surface area (Å²) in [5, 5.41) is 16.9. The Bertz CT molecular complexity index is 686. The zero-order valence-corrected chi connectivity index (χ0v) is 14.6. The molecule has 0 spiro atoms. The standard InChI is InChI=1S/C18H26N6/c1-13-10-14(2)24(22-13)18-6-5-17(20-21-18)23-9-3-4-16(12-23)15-7-8-19-11-15/h5-6,10,15-16,19H,3-4,7-9,11-12H2,1-2H3. The van der Waals surface area contributed by atoms with Gasteiger partial charge in [-0.2, -0.15) is 5.10 Å². The Morgan fingerprint density at radius 2 is 1.92 bits per heavy atom. The number of aromatic nitrogens is 4. The average molecular weight is 326 g/mol. The van der Waals surface area contributed by atoms with Crippen molar-refractivity contribution in [1.82, 2.24) is 25.3 Å². The summed E-state index contributed by atoms with van der Waals surface area (Å²) >= 11 is 0. The van der Waals surface area contributed by atoms with E-state index < -0.39 is 0 Å². The lowest BCUT2D eigenvalue weighted by atomic mass is 9.85. The Balaban J connectivity index is 1.49. The molecule has 1 N–H and O–H groups in total. The zero-order chi connectivity index (χ0) is 16.5. The number of nitrogens with zero attached hydrogens (tertiary/aromatic N) is 5. The topological polar surface area (TPSA) is 58.9 Å². The van der Waals surface area contributed by atoms with Crippen molar-refractivity contribution in [3.8, 4) is 5.82 Å². The van der Waals surface area contributed by atoms with E-state index in [1.165, 1.54) is 32.4 Å². The number of hydrogen-bond donors (Lipinski definition) is 1. The largest absolute Gasteiger partial charge is 0.355 e. The Morgan fingerprint density at radius 3 is 2.58 bits per heavy atom. The summed E-state index contributed by atoms with van der Waals surface area (Å²) in [7, 11) is 0. The number of aryl methyl sites for hydroxylation is 2. The summed E-state index contributed by atoms with van der Waals surface area (Å²) in [4.78, 5) is 2.41. The van der Waals surface area contributed by atoms with E-state index in [-0.39, 0.29) is 0 Å². The van der Waals surface area contributed by atoms with E-state index in [0.29, 0.717) is 0 Å². The molecule has 2 fully saturated rings. The van der Waals surface area contributed by atoms with Crippen LogP contribution < -0.4 is 10.2 Å². The molecule has 0 saturated carbocycles. The van der Waals surface area contributed by atoms with E-state index >= 15 is 0 Å². The van der Waals surface area contributed by atoms with Crippen LogP contribution in [0.4, 0.5) is 5.82 Å². The molecule has 2 saturated heterocycles. The number of nitrogens with one attached hydrogen (secondary N) is 1. The Kier molecular flexibility index (Phi) is 4.22. The molecule has 2 aromatic heterocycles. The first-order valence-corrected chi connectivity index (χ1v) is 9.04. The maximum atomic E-state index is 4.49. The van der Waals surface area contributed by atoms with Crippen LogP contribution in [0.5, 0.6) is 0 Å². The van der Waals surface area contributed by atoms with E-state index in [1.807, 2.05) is 24.6 Å². The normalized spacial score (nSPS) is 24.5. The predicted octanol–water partition coefficient (Wildman–Crippen LogP) is 2.11. The molecule has 0 bridgehead atoms. The van der Waals surface area contributed by atoms with Crippen molar-refractivity contribution in [2.24, 2.45) is 11.8 Å². The first kappa shape index (κ1) is 15.6. The fourth-order valence-electron chi connectivity index (χ4n) is 4.14. The Labute approximate surface area is 143 Å². The monoisotopic (exact) mass is 326 g/mol. The van der Waals surface area contributed by atoms with Crippen LogP contribution in [0.2, 0.25) is 0 Å². The lowest BCUT2D eigenvalue weighted by Gasteiger charge is -2.36. The number of anilines is 1. The highest BCUT2D eigenvalue weighted by Gasteiger charge is 2.29. The highest BCUT2D eigenvalue weighted by molar-refractivity contribution is 5.40. The van der Waals surface area contributed by atoms with Crippen molar-refractivity contribution < 1.29 is 0 Å². The minimum Gasteiger partial charge on any atom is -0.355 e. The van der Waals surface area contributed by atoms with Gasteiger partial charge in [-0.1, -0.05) is 0 Å². The minimum absolute atomic E-state index is 0.784. The van der Waals surface area contributed by atoms with Gasteiger partial charge in [0.1, 0.15) is 0 Å². The summed E-state index contributed by atoms with van der Waals surface area (Å²) in [6.45, 7) is 8.60. The maximum Gasteiger partial charge on any atom is 0.176 e. The molecule has 2 aromatic rings. The van der Waals surface area contributed by atoms with Crippen molar-refractivity contribution in [3.63, 3.8) is 0 Å². The molecule has 4 rings (SSSR count). The van der Waals surface area contributed by atoms with Gasteiger partial charge in [0.25, 0.3) is 0 Å². The molecule has 0 amide bonds. The van der Waals surface area contributed by atoms with Crippen LogP contribution in [0.25, 0.3) is 5.82 Å². The lowest BCUT2D eigenvalue weighted by molar-refractivity contribution is 0.301. The predicted molar refractivity (Wildman–Crippen MR) is 94.5 cm³/mol. The second kappa shape index (κ2) is 6.51. The molecular formula is C18H26N6. The first-order chi connectivity index (χ1) is 11.7. The molecule has 24 heavy (non-hydrogen) atoms. The quantitative estimate of drug-likeness (QED) is 0.936. The number of piperidine rings is 1. The summed E-state index contributed by atoms with van der Waals surface area (Å²) in [5.41, 5.74) is 2.09. The highest BCUT2D eigenvalue weighted by Crippen LogP contribution is 2.29. The number of rotatable bonds is 3. The van der Waals surface area contributed by atoms with E-state index in [2.05, 4.69) is 37.6 Å². The maximum absolute atomic E-state index is 4.49. The fraction of sp³-hybridized carbons (Fsp3) is 0.611. The van der Waals surface area contributed by atoms with Gasteiger partial charge >= 0.3 is 0 Å². The van der Waals surface area contributed by atoms with Crippen LogP contribution in [-0.2, 0) is 0 Å². The fourth-order valence-corrected chi connectivity index (χ4v) is 4.14. The first-order valence-electron chi connectivity index (χ1n) is 9.04. The van der Waals surface area contributed by atoms with Crippen molar-refractivity contribution in [2.45, 2.75) is 33.1 Å². The molecule has 2 unspecified atom stereocenters. The Morgan fingerprint density at radius 1 is 1.08 bits per heavy atom. The summed E-state index contributed by atoms with van der Waals surface area (Å²) < 4.78 is 1.86. The average Bonchev–Trinajstić information content (AvgIpc) is 3.25. The van der Waals surface area contributed by atoms with Crippen LogP contribution in [0, 0.1) is 25.7 Å². The molecular weight excluding hydrogens is 300 g/mol. The van der Waals surface area contributed by atoms with Crippen molar-refractivity contribution in [3.05, 3.63) is 29.6 Å². The van der Waals surface area contributed by atoms with Crippen LogP contribution in [0.15, 0.2) is 18.2 Å². The molecule has 0 aromatic carbocycles. The molecule has 6 heteroatoms. The second-order valence-electron chi connectivity index (χ2n) is 7.19. The van der Waals surface area contributed by atoms with E-state index in [0.717, 1.165) is 47.9 Å². The lowest BCUT2D eigenvalue weighted by Crippen LogP contribution is -2.39. The van der Waals surface area contributed by atoms with Gasteiger partial charge in [0, 0.05) is 18.8 Å². The van der Waals surface area contributed by atoms with Crippen LogP contribution >= 0.6 is 0 Å². The van der Waals surface area contributed by atoms with Gasteiger partial charge in [0.05, 0.1) is 5.69 Å². The van der Waals surface area contributed by atoms with Gasteiger partial charge in [-0.25, -0.2) is 4.68 Å². The van der Waals surface area contributed by atoms with Crippen molar-refractivity contribution in [1.29, 1.82) is 0 Å². The molecule has 0 aliphatic carbocycles. The van der Waals surface area contributed by atoms with Gasteiger partial charge < -0.3 is 10.2 Å². The summed E-state index contributed by atoms with van der Waals surface area (Å²) in [5.74, 6) is 3.40. The highest BCUT2D eigenvalue weighted by atomic mass is 15.4. The summed E-state index contributed by atoms with van der Waals surface area (Å²) in [6.07, 6.45) is 3.92. The molecule has 6 nitrogen and oxygen atoms in total. The molecule has 2 aliphatic heterocycles. The number of hydrogen-bond acceptors (Lipinski definition) is 5. The van der Waals surface area contributed by atoms with Crippen LogP contribution in [-0.4, -0.2) is 46.2 Å². The molecule has 2 atom stereocenters. The van der Waals surface area contributed by atoms with Gasteiger partial charge in [-0.3, -0.25) is 0 Å². The zero-order valence-electron chi connectivity index (χ0n) is 14.6. The Hall–Kier alpha value is -1.95. The van der Waals surface area contributed by atoms with Crippen LogP contribution in [0.1, 0.15) is 30.7 Å². The molecule has 128 valence electrons. The van der Waals surface area contributed by atoms with Crippen LogP contribution in [0.3, 0.4) is 0 Å². The molecule has 4 heterocycles. The smallest absolute Gasteiger partial charge is 0.176 e.